The molecule has 1 aromatic rings. The van der Waals surface area contributed by atoms with E-state index in [0.29, 0.717) is 0 Å². The molecule has 0 atom stereocenters. The number of rotatable bonds is 7. The molecular weight excluding hydrogens is 226 g/mol. The lowest BCUT2D eigenvalue weighted by molar-refractivity contribution is -0.129. The molecule has 0 saturated carbocycles. The van der Waals surface area contributed by atoms with E-state index in [1.165, 1.54) is 5.56 Å². The fourth-order valence-electron chi connectivity index (χ4n) is 1.69. The highest BCUT2D eigenvalue weighted by atomic mass is 16.2. The van der Waals surface area contributed by atoms with Crippen molar-refractivity contribution in [2.24, 2.45) is 0 Å². The molecule has 0 fully saturated rings. The van der Waals surface area contributed by atoms with Crippen LogP contribution >= 0.6 is 0 Å². The molecule has 18 heavy (non-hydrogen) atoms. The van der Waals surface area contributed by atoms with E-state index in [2.05, 4.69) is 23.9 Å². The maximum absolute atomic E-state index is 11.6. The Balaban J connectivity index is 2.41. The van der Waals surface area contributed by atoms with Crippen LogP contribution in [-0.2, 0) is 11.2 Å². The first kappa shape index (κ1) is 14.6. The number of carbonyl (C=O) groups excluding carboxylic acids is 1. The van der Waals surface area contributed by atoms with Crippen molar-refractivity contribution in [3.05, 3.63) is 30.1 Å². The van der Waals surface area contributed by atoms with Crippen LogP contribution in [0.5, 0.6) is 0 Å². The summed E-state index contributed by atoms with van der Waals surface area (Å²) in [7, 11) is 2.07. The zero-order valence-corrected chi connectivity index (χ0v) is 11.6. The van der Waals surface area contributed by atoms with Gasteiger partial charge in [0.25, 0.3) is 0 Å². The van der Waals surface area contributed by atoms with Crippen LogP contribution in [0.25, 0.3) is 0 Å². The minimum atomic E-state index is 0.142. The van der Waals surface area contributed by atoms with Crippen LogP contribution in [0.3, 0.4) is 0 Å². The summed E-state index contributed by atoms with van der Waals surface area (Å²) in [6.45, 7) is 7.24. The molecule has 0 radical (unpaired) electrons. The predicted octanol–water partition coefficient (Wildman–Crippen LogP) is 1.42. The third-order valence-corrected chi connectivity index (χ3v) is 3.13. The average molecular weight is 249 g/mol. The Bertz CT molecular complexity index is 353. The number of likely N-dealkylation sites (N-methyl/N-ethyl adjacent to an activating group) is 1. The van der Waals surface area contributed by atoms with Gasteiger partial charge in [-0.1, -0.05) is 13.0 Å². The van der Waals surface area contributed by atoms with Gasteiger partial charge in [-0.05, 0) is 31.6 Å². The second-order valence-corrected chi connectivity index (χ2v) is 4.51. The second-order valence-electron chi connectivity index (χ2n) is 4.51. The molecule has 1 rings (SSSR count). The third kappa shape index (κ3) is 5.27. The fourth-order valence-corrected chi connectivity index (χ4v) is 1.69. The Morgan fingerprint density at radius 3 is 2.67 bits per heavy atom. The van der Waals surface area contributed by atoms with Crippen molar-refractivity contribution < 1.29 is 4.79 Å². The van der Waals surface area contributed by atoms with Gasteiger partial charge in [-0.25, -0.2) is 0 Å². The molecule has 0 aromatic carbocycles. The summed E-state index contributed by atoms with van der Waals surface area (Å²) in [5.74, 6) is 0.142. The summed E-state index contributed by atoms with van der Waals surface area (Å²) >= 11 is 0. The smallest absolute Gasteiger partial charge is 0.219 e. The minimum absolute atomic E-state index is 0.142. The maximum Gasteiger partial charge on any atom is 0.219 e. The number of pyridine rings is 1. The van der Waals surface area contributed by atoms with E-state index in [1.54, 1.807) is 13.1 Å². The highest BCUT2D eigenvalue weighted by Gasteiger charge is 2.09. The lowest BCUT2D eigenvalue weighted by Crippen LogP contribution is -2.37. The molecule has 0 aliphatic carbocycles. The first-order valence-electron chi connectivity index (χ1n) is 6.46. The lowest BCUT2D eigenvalue weighted by atomic mass is 10.2. The van der Waals surface area contributed by atoms with Crippen LogP contribution in [0, 0.1) is 0 Å². The highest BCUT2D eigenvalue weighted by Crippen LogP contribution is 2.00. The number of hydrogen-bond donors (Lipinski definition) is 0. The maximum atomic E-state index is 11.6. The van der Waals surface area contributed by atoms with Crippen molar-refractivity contribution in [2.45, 2.75) is 20.3 Å². The van der Waals surface area contributed by atoms with E-state index in [-0.39, 0.29) is 5.91 Å². The molecule has 0 spiro atoms. The Morgan fingerprint density at radius 2 is 2.11 bits per heavy atom. The largest absolute Gasteiger partial charge is 0.341 e. The van der Waals surface area contributed by atoms with Crippen molar-refractivity contribution in [1.82, 2.24) is 14.8 Å². The first-order chi connectivity index (χ1) is 8.63. The molecule has 0 unspecified atom stereocenters. The Kier molecular flexibility index (Phi) is 6.36. The lowest BCUT2D eigenvalue weighted by Gasteiger charge is -2.24. The topological polar surface area (TPSA) is 36.4 Å². The highest BCUT2D eigenvalue weighted by molar-refractivity contribution is 5.73. The van der Waals surface area contributed by atoms with Gasteiger partial charge < -0.3 is 9.80 Å². The van der Waals surface area contributed by atoms with Crippen molar-refractivity contribution in [2.75, 3.05) is 33.2 Å². The quantitative estimate of drug-likeness (QED) is 0.733. The molecule has 1 aromatic heterocycles. The van der Waals surface area contributed by atoms with Gasteiger partial charge in [-0.2, -0.15) is 0 Å². The average Bonchev–Trinajstić information content (AvgIpc) is 2.39. The Labute approximate surface area is 110 Å². The number of amides is 1. The second kappa shape index (κ2) is 7.82. The van der Waals surface area contributed by atoms with E-state index in [0.717, 1.165) is 32.6 Å². The molecule has 0 N–H and O–H groups in total. The standard InChI is InChI=1S/C14H23N3O/c1-4-16(3)10-11-17(13(2)18)9-7-14-6-5-8-15-12-14/h5-6,8,12H,4,7,9-11H2,1-3H3. The first-order valence-corrected chi connectivity index (χ1v) is 6.46. The summed E-state index contributed by atoms with van der Waals surface area (Å²) in [5, 5.41) is 0. The number of hydrogen-bond acceptors (Lipinski definition) is 3. The Morgan fingerprint density at radius 1 is 1.33 bits per heavy atom. The number of nitrogens with zero attached hydrogens (tertiary/aromatic N) is 3. The molecule has 0 bridgehead atoms. The molecule has 4 heteroatoms. The molecule has 0 aliphatic heterocycles. The summed E-state index contributed by atoms with van der Waals surface area (Å²) < 4.78 is 0. The van der Waals surface area contributed by atoms with E-state index in [9.17, 15) is 4.79 Å². The molecule has 4 nitrogen and oxygen atoms in total. The van der Waals surface area contributed by atoms with Crippen LogP contribution in [0.2, 0.25) is 0 Å². The molecule has 100 valence electrons. The summed E-state index contributed by atoms with van der Waals surface area (Å²) in [5.41, 5.74) is 1.17. The Hall–Kier alpha value is -1.42. The molecule has 1 amide bonds. The van der Waals surface area contributed by atoms with Gasteiger partial charge in [-0.15, -0.1) is 0 Å². The van der Waals surface area contributed by atoms with Crippen molar-refractivity contribution in [1.29, 1.82) is 0 Å². The van der Waals surface area contributed by atoms with Gasteiger partial charge in [0.15, 0.2) is 0 Å². The molecule has 0 saturated heterocycles. The van der Waals surface area contributed by atoms with Crippen LogP contribution in [0.1, 0.15) is 19.4 Å². The fraction of sp³-hybridized carbons (Fsp3) is 0.571. The zero-order valence-electron chi connectivity index (χ0n) is 11.6. The SMILES string of the molecule is CCN(C)CCN(CCc1cccnc1)C(C)=O. The van der Waals surface area contributed by atoms with Gasteiger partial charge in [-0.3, -0.25) is 9.78 Å². The molecule has 1 heterocycles. The summed E-state index contributed by atoms with van der Waals surface area (Å²) in [6, 6.07) is 3.97. The number of aromatic nitrogens is 1. The van der Waals surface area contributed by atoms with E-state index < -0.39 is 0 Å². The van der Waals surface area contributed by atoms with Crippen LogP contribution < -0.4 is 0 Å². The van der Waals surface area contributed by atoms with Crippen LogP contribution in [0.15, 0.2) is 24.5 Å². The third-order valence-electron chi connectivity index (χ3n) is 3.13. The molecule has 0 aliphatic rings. The predicted molar refractivity (Wildman–Crippen MR) is 73.4 cm³/mol. The minimum Gasteiger partial charge on any atom is -0.341 e. The van der Waals surface area contributed by atoms with E-state index >= 15 is 0 Å². The number of carbonyl (C=O) groups is 1. The molecular formula is C14H23N3O. The van der Waals surface area contributed by atoms with E-state index in [4.69, 9.17) is 0 Å². The summed E-state index contributed by atoms with van der Waals surface area (Å²) in [6.07, 6.45) is 4.49. The van der Waals surface area contributed by atoms with Crippen molar-refractivity contribution in [3.8, 4) is 0 Å². The zero-order chi connectivity index (χ0) is 13.4. The van der Waals surface area contributed by atoms with Gasteiger partial charge in [0.1, 0.15) is 0 Å². The summed E-state index contributed by atoms with van der Waals surface area (Å²) in [4.78, 5) is 19.8. The van der Waals surface area contributed by atoms with Gasteiger partial charge in [0.05, 0.1) is 0 Å². The van der Waals surface area contributed by atoms with Crippen LogP contribution in [-0.4, -0.2) is 53.9 Å². The van der Waals surface area contributed by atoms with Crippen molar-refractivity contribution in [3.63, 3.8) is 0 Å². The monoisotopic (exact) mass is 249 g/mol. The van der Waals surface area contributed by atoms with Crippen molar-refractivity contribution >= 4 is 5.91 Å². The van der Waals surface area contributed by atoms with Gasteiger partial charge in [0, 0.05) is 39.0 Å². The van der Waals surface area contributed by atoms with Gasteiger partial charge in [0.2, 0.25) is 5.91 Å². The van der Waals surface area contributed by atoms with E-state index in [1.807, 2.05) is 23.2 Å². The van der Waals surface area contributed by atoms with Crippen LogP contribution in [0.4, 0.5) is 0 Å². The normalized spacial score (nSPS) is 10.7. The van der Waals surface area contributed by atoms with Gasteiger partial charge >= 0.3 is 0 Å².